The van der Waals surface area contributed by atoms with Gasteiger partial charge in [0.1, 0.15) is 16.6 Å². The van der Waals surface area contributed by atoms with Gasteiger partial charge in [-0.15, -0.1) is 0 Å². The maximum Gasteiger partial charge on any atom is 0.154 e. The van der Waals surface area contributed by atoms with Crippen molar-refractivity contribution in [1.82, 2.24) is 9.61 Å². The van der Waals surface area contributed by atoms with Crippen LogP contribution in [0.1, 0.15) is 10.4 Å². The van der Waals surface area contributed by atoms with Crippen molar-refractivity contribution in [1.29, 1.82) is 0 Å². The molecule has 0 aliphatic heterocycles. The fraction of sp³-hybridized carbons (Fsp3) is 0.0667. The van der Waals surface area contributed by atoms with Gasteiger partial charge in [-0.05, 0) is 24.3 Å². The standard InChI is InChI=1S/C15H11ClN2O2/c1-20-11-5-2-4-10(8-11)15-12(9-19)13-6-3-7-14(16)18(13)17-15/h2-9H,1H3. The van der Waals surface area contributed by atoms with Crippen LogP contribution in [0.4, 0.5) is 0 Å². The summed E-state index contributed by atoms with van der Waals surface area (Å²) in [4.78, 5) is 11.4. The first kappa shape index (κ1) is 12.7. The van der Waals surface area contributed by atoms with Gasteiger partial charge in [0, 0.05) is 5.56 Å². The van der Waals surface area contributed by atoms with Crippen LogP contribution in [-0.2, 0) is 0 Å². The highest BCUT2D eigenvalue weighted by Gasteiger charge is 2.15. The van der Waals surface area contributed by atoms with Crippen LogP contribution in [0.25, 0.3) is 16.8 Å². The summed E-state index contributed by atoms with van der Waals surface area (Å²) in [5, 5.41) is 4.88. The van der Waals surface area contributed by atoms with E-state index in [1.807, 2.05) is 30.3 Å². The largest absolute Gasteiger partial charge is 0.497 e. The first-order chi connectivity index (χ1) is 9.74. The zero-order valence-corrected chi connectivity index (χ0v) is 11.5. The number of halogens is 1. The number of hydrogen-bond donors (Lipinski definition) is 0. The number of methoxy groups -OCH3 is 1. The summed E-state index contributed by atoms with van der Waals surface area (Å²) in [7, 11) is 1.60. The molecule has 0 saturated heterocycles. The molecule has 0 amide bonds. The number of carbonyl (C=O) groups is 1. The lowest BCUT2D eigenvalue weighted by molar-refractivity contribution is 0.112. The molecule has 3 aromatic rings. The maximum atomic E-state index is 11.4. The van der Waals surface area contributed by atoms with E-state index in [1.54, 1.807) is 23.8 Å². The Labute approximate surface area is 120 Å². The van der Waals surface area contributed by atoms with Gasteiger partial charge >= 0.3 is 0 Å². The van der Waals surface area contributed by atoms with E-state index in [4.69, 9.17) is 16.3 Å². The highest BCUT2D eigenvalue weighted by atomic mass is 35.5. The normalized spacial score (nSPS) is 10.7. The number of aromatic nitrogens is 2. The molecule has 0 bridgehead atoms. The molecular weight excluding hydrogens is 276 g/mol. The van der Waals surface area contributed by atoms with Crippen molar-refractivity contribution >= 4 is 23.4 Å². The average molecular weight is 287 g/mol. The number of nitrogens with zero attached hydrogens (tertiary/aromatic N) is 2. The molecule has 0 unspecified atom stereocenters. The van der Waals surface area contributed by atoms with Gasteiger partial charge in [0.05, 0.1) is 18.2 Å². The van der Waals surface area contributed by atoms with E-state index in [-0.39, 0.29) is 0 Å². The zero-order chi connectivity index (χ0) is 14.1. The summed E-state index contributed by atoms with van der Waals surface area (Å²) in [6, 6.07) is 12.7. The third-order valence-corrected chi connectivity index (χ3v) is 3.40. The van der Waals surface area contributed by atoms with Gasteiger partial charge in [0.25, 0.3) is 0 Å². The Bertz CT molecular complexity index is 796. The summed E-state index contributed by atoms with van der Waals surface area (Å²) in [6.45, 7) is 0. The molecule has 0 fully saturated rings. The molecule has 0 atom stereocenters. The topological polar surface area (TPSA) is 43.6 Å². The Morgan fingerprint density at radius 2 is 2.05 bits per heavy atom. The van der Waals surface area contributed by atoms with Crippen molar-refractivity contribution in [2.75, 3.05) is 7.11 Å². The molecule has 2 aromatic heterocycles. The minimum Gasteiger partial charge on any atom is -0.497 e. The van der Waals surface area contributed by atoms with Crippen LogP contribution in [0.5, 0.6) is 5.75 Å². The minimum absolute atomic E-state index is 0.458. The van der Waals surface area contributed by atoms with Gasteiger partial charge in [0.2, 0.25) is 0 Å². The fourth-order valence-corrected chi connectivity index (χ4v) is 2.36. The van der Waals surface area contributed by atoms with Gasteiger partial charge in [0.15, 0.2) is 6.29 Å². The van der Waals surface area contributed by atoms with Crippen molar-refractivity contribution in [3.63, 3.8) is 0 Å². The Morgan fingerprint density at radius 1 is 1.25 bits per heavy atom. The average Bonchev–Trinajstić information content (AvgIpc) is 2.87. The molecule has 0 spiro atoms. The van der Waals surface area contributed by atoms with Crippen LogP contribution in [0.2, 0.25) is 5.15 Å². The second-order valence-electron chi connectivity index (χ2n) is 4.26. The van der Waals surface area contributed by atoms with Crippen LogP contribution < -0.4 is 4.74 Å². The smallest absolute Gasteiger partial charge is 0.154 e. The van der Waals surface area contributed by atoms with Gasteiger partial charge in [-0.1, -0.05) is 29.8 Å². The second-order valence-corrected chi connectivity index (χ2v) is 4.64. The molecule has 20 heavy (non-hydrogen) atoms. The van der Waals surface area contributed by atoms with Crippen LogP contribution in [0, 0.1) is 0 Å². The number of benzene rings is 1. The molecular formula is C15H11ClN2O2. The van der Waals surface area contributed by atoms with Crippen LogP contribution in [-0.4, -0.2) is 23.0 Å². The van der Waals surface area contributed by atoms with E-state index in [0.29, 0.717) is 27.7 Å². The van der Waals surface area contributed by atoms with Crippen LogP contribution in [0.15, 0.2) is 42.5 Å². The lowest BCUT2D eigenvalue weighted by Crippen LogP contribution is -1.88. The van der Waals surface area contributed by atoms with Crippen molar-refractivity contribution in [2.24, 2.45) is 0 Å². The van der Waals surface area contributed by atoms with E-state index >= 15 is 0 Å². The van der Waals surface area contributed by atoms with E-state index in [9.17, 15) is 4.79 Å². The summed E-state index contributed by atoms with van der Waals surface area (Å²) >= 11 is 6.11. The molecule has 0 N–H and O–H groups in total. The third kappa shape index (κ3) is 1.94. The van der Waals surface area contributed by atoms with Crippen molar-refractivity contribution in [3.05, 3.63) is 53.2 Å². The summed E-state index contributed by atoms with van der Waals surface area (Å²) in [5.41, 5.74) is 2.60. The summed E-state index contributed by atoms with van der Waals surface area (Å²) in [5.74, 6) is 0.711. The Hall–Kier alpha value is -2.33. The predicted octanol–water partition coefficient (Wildman–Crippen LogP) is 3.48. The number of rotatable bonds is 3. The quantitative estimate of drug-likeness (QED) is 0.547. The number of hydrogen-bond acceptors (Lipinski definition) is 3. The fourth-order valence-electron chi connectivity index (χ4n) is 2.16. The maximum absolute atomic E-state index is 11.4. The van der Waals surface area contributed by atoms with E-state index in [0.717, 1.165) is 11.8 Å². The first-order valence-electron chi connectivity index (χ1n) is 6.01. The highest BCUT2D eigenvalue weighted by Crippen LogP contribution is 2.28. The SMILES string of the molecule is COc1cccc(-c2nn3c(Cl)cccc3c2C=O)c1. The second kappa shape index (κ2) is 4.98. The van der Waals surface area contributed by atoms with Gasteiger partial charge in [-0.2, -0.15) is 5.10 Å². The van der Waals surface area contributed by atoms with E-state index in [2.05, 4.69) is 5.10 Å². The lowest BCUT2D eigenvalue weighted by atomic mass is 10.1. The molecule has 0 radical (unpaired) electrons. The van der Waals surface area contributed by atoms with E-state index in [1.165, 1.54) is 0 Å². The van der Waals surface area contributed by atoms with Crippen molar-refractivity contribution < 1.29 is 9.53 Å². The summed E-state index contributed by atoms with van der Waals surface area (Å²) in [6.07, 6.45) is 0.799. The molecule has 5 heteroatoms. The molecule has 0 aliphatic rings. The number of carbonyl (C=O) groups excluding carboxylic acids is 1. The highest BCUT2D eigenvalue weighted by molar-refractivity contribution is 6.29. The molecule has 100 valence electrons. The predicted molar refractivity (Wildman–Crippen MR) is 77.6 cm³/mol. The minimum atomic E-state index is 0.458. The Balaban J connectivity index is 2.30. The lowest BCUT2D eigenvalue weighted by Gasteiger charge is -2.02. The molecule has 2 heterocycles. The van der Waals surface area contributed by atoms with E-state index < -0.39 is 0 Å². The Kier molecular flexibility index (Phi) is 3.16. The van der Waals surface area contributed by atoms with Crippen molar-refractivity contribution in [2.45, 2.75) is 0 Å². The zero-order valence-electron chi connectivity index (χ0n) is 10.7. The monoisotopic (exact) mass is 286 g/mol. The number of ether oxygens (including phenoxy) is 1. The van der Waals surface area contributed by atoms with Gasteiger partial charge < -0.3 is 4.74 Å². The Morgan fingerprint density at radius 3 is 2.80 bits per heavy atom. The molecule has 0 saturated carbocycles. The molecule has 3 rings (SSSR count). The van der Waals surface area contributed by atoms with Gasteiger partial charge in [-0.25, -0.2) is 4.52 Å². The number of aldehydes is 1. The molecule has 0 aliphatic carbocycles. The van der Waals surface area contributed by atoms with Crippen LogP contribution in [0.3, 0.4) is 0 Å². The van der Waals surface area contributed by atoms with Crippen molar-refractivity contribution in [3.8, 4) is 17.0 Å². The number of pyridine rings is 1. The molecule has 4 nitrogen and oxygen atoms in total. The van der Waals surface area contributed by atoms with Crippen LogP contribution >= 0.6 is 11.6 Å². The first-order valence-corrected chi connectivity index (χ1v) is 6.39. The third-order valence-electron chi connectivity index (χ3n) is 3.11. The molecule has 1 aromatic carbocycles. The van der Waals surface area contributed by atoms with Gasteiger partial charge in [-0.3, -0.25) is 4.79 Å². The summed E-state index contributed by atoms with van der Waals surface area (Å²) < 4.78 is 6.75. The number of fused-ring (bicyclic) bond motifs is 1.